The first-order valence-electron chi connectivity index (χ1n) is 16.6. The molecule has 6 atom stereocenters. The summed E-state index contributed by atoms with van der Waals surface area (Å²) >= 11 is 15.8. The molecule has 0 bridgehead atoms. The zero-order valence-electron chi connectivity index (χ0n) is 29.0. The number of allylic oxidation sites excluding steroid dienone is 2. The third kappa shape index (κ3) is 6.21. The first-order valence-corrected chi connectivity index (χ1v) is 18.2. The van der Waals surface area contributed by atoms with E-state index in [9.17, 15) is 50.6 Å². The zero-order chi connectivity index (χ0) is 40.9. The number of nitrogens with zero attached hydrogens (tertiary/aromatic N) is 6. The number of aromatic hydroxyl groups is 1. The van der Waals surface area contributed by atoms with Crippen LogP contribution < -0.4 is 14.8 Å². The van der Waals surface area contributed by atoms with Gasteiger partial charge in [-0.1, -0.05) is 50.8 Å². The summed E-state index contributed by atoms with van der Waals surface area (Å²) in [6.07, 6.45) is -8.43. The number of ether oxygens (including phenoxy) is 1. The molecule has 0 spiro atoms. The van der Waals surface area contributed by atoms with E-state index in [0.717, 1.165) is 36.2 Å². The van der Waals surface area contributed by atoms with Crippen molar-refractivity contribution < 1.29 is 55.4 Å². The number of hydrogen-bond acceptors (Lipinski definition) is 10. The Morgan fingerprint density at radius 3 is 1.79 bits per heavy atom. The molecule has 56 heavy (non-hydrogen) atoms. The maximum atomic E-state index is 14.5. The van der Waals surface area contributed by atoms with Gasteiger partial charge in [0.15, 0.2) is 23.1 Å². The molecule has 296 valence electrons. The molecule has 1 aromatic carbocycles. The Kier molecular flexibility index (Phi) is 9.75. The fraction of sp³-hybridized carbons (Fsp3) is 0.371. The number of hydrazine groups is 2. The van der Waals surface area contributed by atoms with Crippen LogP contribution in [-0.2, 0) is 31.5 Å². The van der Waals surface area contributed by atoms with E-state index in [-0.39, 0.29) is 34.2 Å². The molecule has 4 aliphatic rings. The van der Waals surface area contributed by atoms with Crippen LogP contribution in [0.1, 0.15) is 35.7 Å². The molecule has 4 heterocycles. The Morgan fingerprint density at radius 2 is 1.29 bits per heavy atom. The molecule has 7 rings (SSSR count). The number of aromatic nitrogens is 2. The van der Waals surface area contributed by atoms with Crippen LogP contribution in [-0.4, -0.2) is 69.9 Å². The lowest BCUT2D eigenvalue weighted by Gasteiger charge is -2.44. The molecular formula is C35H27BrCl2F6N6O6. The second-order valence-electron chi connectivity index (χ2n) is 13.6. The normalized spacial score (nSPS) is 24.9. The fourth-order valence-electron chi connectivity index (χ4n) is 8.30. The number of amides is 4. The molecule has 2 aliphatic heterocycles. The summed E-state index contributed by atoms with van der Waals surface area (Å²) in [5.41, 5.74) is -2.15. The summed E-state index contributed by atoms with van der Waals surface area (Å²) in [7, 11) is 3.58. The number of phenolic OH excluding ortho intramolecular Hbond substituents is 1. The standard InChI is InChI=1S/C35H27BrCl2F6N6O6/c1-47(28-19(37)6-8-22(45-28)34(39,40)41)49-30(52)15-5-4-14-16(25(15)32(49)54)12-18-26(24(14)17-10-13(36)11-21(56-3)27(17)51)33(55)50(31(18)53)48(2)29-20(38)7-9-23(46-29)35(42,43)44/h4,6-11,15-16,18,24-26,51H,5,12H2,1-3H3. The summed E-state index contributed by atoms with van der Waals surface area (Å²) in [5, 5.41) is 13.8. The number of fused-ring (bicyclic) bond motifs is 4. The molecule has 4 amide bonds. The van der Waals surface area contributed by atoms with Crippen LogP contribution in [0.3, 0.4) is 0 Å². The van der Waals surface area contributed by atoms with Crippen molar-refractivity contribution in [3.05, 3.63) is 79.5 Å². The number of halogens is 9. The highest BCUT2D eigenvalue weighted by Crippen LogP contribution is 2.60. The first-order chi connectivity index (χ1) is 26.2. The maximum Gasteiger partial charge on any atom is 0.433 e. The van der Waals surface area contributed by atoms with Crippen LogP contribution in [0.5, 0.6) is 11.5 Å². The van der Waals surface area contributed by atoms with Crippen molar-refractivity contribution >= 4 is 74.4 Å². The summed E-state index contributed by atoms with van der Waals surface area (Å²) in [6, 6.07) is 6.07. The third-order valence-electron chi connectivity index (χ3n) is 10.7. The number of benzene rings is 1. The van der Waals surface area contributed by atoms with Crippen molar-refractivity contribution in [3.8, 4) is 11.5 Å². The number of carbonyl (C=O) groups is 4. The number of alkyl halides is 6. The summed E-state index contributed by atoms with van der Waals surface area (Å²) in [4.78, 5) is 64.5. The molecule has 21 heteroatoms. The molecule has 1 N–H and O–H groups in total. The summed E-state index contributed by atoms with van der Waals surface area (Å²) in [6.45, 7) is 0. The van der Waals surface area contributed by atoms with Gasteiger partial charge in [-0.2, -0.15) is 36.4 Å². The number of carbonyl (C=O) groups excluding carboxylic acids is 4. The van der Waals surface area contributed by atoms with Crippen molar-refractivity contribution in [2.45, 2.75) is 31.1 Å². The SMILES string of the molecule is COc1cc(Br)cc(C2C3=CCC4C(=O)N(N(C)c5nc(C(F)(F)F)ccc5Cl)C(=O)C4C3CC3C(=O)N(N(C)c4nc(C(F)(F)F)ccc4Cl)C(=O)C32)c1O. The highest BCUT2D eigenvalue weighted by atomic mass is 79.9. The minimum atomic E-state index is -4.90. The molecule has 3 aromatic rings. The second-order valence-corrected chi connectivity index (χ2v) is 15.3. The quantitative estimate of drug-likeness (QED) is 0.156. The van der Waals surface area contributed by atoms with Gasteiger partial charge in [-0.3, -0.25) is 29.2 Å². The van der Waals surface area contributed by atoms with Gasteiger partial charge in [0, 0.05) is 30.0 Å². The van der Waals surface area contributed by atoms with Crippen LogP contribution in [0.15, 0.2) is 52.5 Å². The van der Waals surface area contributed by atoms with Gasteiger partial charge >= 0.3 is 12.4 Å². The van der Waals surface area contributed by atoms with Gasteiger partial charge in [-0.25, -0.2) is 9.97 Å². The van der Waals surface area contributed by atoms with Crippen LogP contribution in [0.2, 0.25) is 10.0 Å². The van der Waals surface area contributed by atoms with Crippen molar-refractivity contribution in [2.75, 3.05) is 31.2 Å². The van der Waals surface area contributed by atoms with Crippen LogP contribution in [0.25, 0.3) is 0 Å². The number of imide groups is 2. The highest BCUT2D eigenvalue weighted by Gasteiger charge is 2.64. The van der Waals surface area contributed by atoms with Gasteiger partial charge in [0.05, 0.1) is 40.8 Å². The summed E-state index contributed by atoms with van der Waals surface area (Å²) in [5.74, 6) is -11.8. The number of pyridine rings is 2. The van der Waals surface area contributed by atoms with Crippen molar-refractivity contribution in [3.63, 3.8) is 0 Å². The molecule has 3 fully saturated rings. The van der Waals surface area contributed by atoms with E-state index < -0.39 is 100 Å². The van der Waals surface area contributed by atoms with Gasteiger partial charge in [-0.05, 0) is 55.2 Å². The Hall–Kier alpha value is -4.62. The maximum absolute atomic E-state index is 14.5. The molecule has 1 saturated carbocycles. The third-order valence-corrected chi connectivity index (χ3v) is 11.7. The largest absolute Gasteiger partial charge is 0.504 e. The lowest BCUT2D eigenvalue weighted by atomic mass is 9.57. The Labute approximate surface area is 331 Å². The molecular weight excluding hydrogens is 865 g/mol. The van der Waals surface area contributed by atoms with Crippen LogP contribution in [0.4, 0.5) is 38.0 Å². The van der Waals surface area contributed by atoms with E-state index in [4.69, 9.17) is 27.9 Å². The van der Waals surface area contributed by atoms with Gasteiger partial charge in [-0.15, -0.1) is 0 Å². The van der Waals surface area contributed by atoms with Crippen LogP contribution >= 0.6 is 39.1 Å². The number of rotatable bonds is 6. The average Bonchev–Trinajstić information content (AvgIpc) is 3.53. The van der Waals surface area contributed by atoms with E-state index in [0.29, 0.717) is 32.2 Å². The van der Waals surface area contributed by atoms with Gasteiger partial charge in [0.25, 0.3) is 23.6 Å². The van der Waals surface area contributed by atoms with E-state index in [2.05, 4.69) is 25.9 Å². The Balaban J connectivity index is 1.32. The predicted molar refractivity (Wildman–Crippen MR) is 189 cm³/mol. The lowest BCUT2D eigenvalue weighted by molar-refractivity contribution is -0.143. The second kappa shape index (κ2) is 13.8. The molecule has 12 nitrogen and oxygen atoms in total. The van der Waals surface area contributed by atoms with Crippen LogP contribution in [0, 0.1) is 29.6 Å². The summed E-state index contributed by atoms with van der Waals surface area (Å²) < 4.78 is 87.6. The van der Waals surface area contributed by atoms with Gasteiger partial charge < -0.3 is 9.84 Å². The lowest BCUT2D eigenvalue weighted by Crippen LogP contribution is -2.46. The topological polar surface area (TPSA) is 136 Å². The Morgan fingerprint density at radius 1 is 0.786 bits per heavy atom. The number of hydrogen-bond donors (Lipinski definition) is 1. The van der Waals surface area contributed by atoms with E-state index in [1.807, 2.05) is 0 Å². The van der Waals surface area contributed by atoms with Crippen molar-refractivity contribution in [1.82, 2.24) is 20.0 Å². The van der Waals surface area contributed by atoms with E-state index in [1.165, 1.54) is 19.2 Å². The van der Waals surface area contributed by atoms with E-state index >= 15 is 0 Å². The van der Waals surface area contributed by atoms with Gasteiger partial charge in [0.1, 0.15) is 11.4 Å². The monoisotopic (exact) mass is 890 g/mol. The zero-order valence-corrected chi connectivity index (χ0v) is 32.1. The minimum Gasteiger partial charge on any atom is -0.504 e. The minimum absolute atomic E-state index is 0.0154. The Bertz CT molecular complexity index is 2240. The number of phenols is 1. The molecule has 2 saturated heterocycles. The smallest absolute Gasteiger partial charge is 0.433 e. The molecule has 2 aliphatic carbocycles. The number of anilines is 2. The van der Waals surface area contributed by atoms with Crippen molar-refractivity contribution in [2.24, 2.45) is 29.6 Å². The van der Waals surface area contributed by atoms with E-state index in [1.54, 1.807) is 6.08 Å². The average molecular weight is 892 g/mol. The highest BCUT2D eigenvalue weighted by molar-refractivity contribution is 9.10. The molecule has 0 radical (unpaired) electrons. The van der Waals surface area contributed by atoms with Gasteiger partial charge in [0.2, 0.25) is 0 Å². The molecule has 2 aromatic heterocycles. The predicted octanol–water partition coefficient (Wildman–Crippen LogP) is 7.04. The molecule has 6 unspecified atom stereocenters. The first kappa shape index (κ1) is 39.6. The fourth-order valence-corrected chi connectivity index (χ4v) is 9.21. The van der Waals surface area contributed by atoms with Crippen molar-refractivity contribution in [1.29, 1.82) is 0 Å². The number of methoxy groups -OCH3 is 1.